The second-order valence-electron chi connectivity index (χ2n) is 8.36. The monoisotopic (exact) mass is 495 g/mol. The van der Waals surface area contributed by atoms with E-state index >= 15 is 0 Å². The zero-order valence-corrected chi connectivity index (χ0v) is 19.5. The summed E-state index contributed by atoms with van der Waals surface area (Å²) >= 11 is 0. The van der Waals surface area contributed by atoms with E-state index in [0.717, 1.165) is 31.4 Å². The Morgan fingerprint density at radius 3 is 2.78 bits per heavy atom. The number of aromatic nitrogens is 2. The number of halogens is 3. The molecule has 186 valence electrons. The molecule has 3 heterocycles. The lowest BCUT2D eigenvalue weighted by Crippen LogP contribution is -2.21. The SMILES string of the molecule is CNc1cc(-c2ccc(OCC[C@@H]3CCN(c4ccccn4)C3)c(C(F)(F)F)c2)nc(C#N)c1N=N. The van der Waals surface area contributed by atoms with Crippen LogP contribution in [0.2, 0.25) is 0 Å². The number of nitrogens with zero attached hydrogens (tertiary/aromatic N) is 5. The summed E-state index contributed by atoms with van der Waals surface area (Å²) in [6, 6.07) is 12.7. The van der Waals surface area contributed by atoms with Gasteiger partial charge in [-0.3, -0.25) is 0 Å². The maximum absolute atomic E-state index is 13.9. The molecule has 1 aromatic carbocycles. The Kier molecular flexibility index (Phi) is 7.33. The molecule has 1 atom stereocenters. The first-order chi connectivity index (χ1) is 17.3. The molecule has 0 aliphatic carbocycles. The minimum atomic E-state index is -4.64. The first-order valence-electron chi connectivity index (χ1n) is 11.3. The minimum Gasteiger partial charge on any atom is -0.493 e. The Morgan fingerprint density at radius 1 is 1.28 bits per heavy atom. The van der Waals surface area contributed by atoms with Crippen LogP contribution in [-0.4, -0.2) is 36.7 Å². The Bertz CT molecular complexity index is 1280. The highest BCUT2D eigenvalue weighted by Crippen LogP contribution is 2.40. The molecule has 0 saturated carbocycles. The molecular weight excluding hydrogens is 471 g/mol. The van der Waals surface area contributed by atoms with Crippen LogP contribution in [0.3, 0.4) is 0 Å². The van der Waals surface area contributed by atoms with Crippen molar-refractivity contribution in [2.24, 2.45) is 11.0 Å². The van der Waals surface area contributed by atoms with E-state index in [1.54, 1.807) is 13.2 Å². The van der Waals surface area contributed by atoms with Crippen molar-refractivity contribution in [2.75, 3.05) is 37.0 Å². The number of alkyl halides is 3. The first kappa shape index (κ1) is 24.9. The van der Waals surface area contributed by atoms with E-state index in [9.17, 15) is 18.4 Å². The Morgan fingerprint density at radius 2 is 2.11 bits per heavy atom. The van der Waals surface area contributed by atoms with Gasteiger partial charge in [-0.2, -0.15) is 23.5 Å². The van der Waals surface area contributed by atoms with Crippen LogP contribution in [-0.2, 0) is 6.18 Å². The summed E-state index contributed by atoms with van der Waals surface area (Å²) in [4.78, 5) is 10.6. The highest BCUT2D eigenvalue weighted by atomic mass is 19.4. The van der Waals surface area contributed by atoms with E-state index in [-0.39, 0.29) is 35.0 Å². The van der Waals surface area contributed by atoms with Crippen LogP contribution in [0.15, 0.2) is 53.8 Å². The number of benzene rings is 1. The predicted molar refractivity (Wildman–Crippen MR) is 128 cm³/mol. The van der Waals surface area contributed by atoms with Crippen LogP contribution in [0.5, 0.6) is 5.75 Å². The molecule has 3 aromatic rings. The first-order valence-corrected chi connectivity index (χ1v) is 11.3. The standard InChI is InChI=1S/C25H24F3N7O/c1-31-20-13-19(33-21(14-29)24(20)34-30)17-5-6-22(18(12-17)25(26,27)28)36-11-8-16-7-10-35(15-16)23-4-2-3-9-32-23/h2-6,9,12-13,16,30H,7-8,10-11,15H2,1H3,(H,31,33)/t16-/m0/s1. The van der Waals surface area contributed by atoms with Crippen molar-refractivity contribution >= 4 is 17.2 Å². The van der Waals surface area contributed by atoms with E-state index in [1.165, 1.54) is 18.2 Å². The van der Waals surface area contributed by atoms with Gasteiger partial charge < -0.3 is 15.0 Å². The molecule has 2 aromatic heterocycles. The van der Waals surface area contributed by atoms with E-state index in [1.807, 2.05) is 24.3 Å². The molecule has 0 radical (unpaired) electrons. The van der Waals surface area contributed by atoms with Crippen LogP contribution in [0.25, 0.3) is 11.3 Å². The normalized spacial score (nSPS) is 15.4. The predicted octanol–water partition coefficient (Wildman–Crippen LogP) is 6.03. The van der Waals surface area contributed by atoms with Crippen molar-refractivity contribution in [3.05, 3.63) is 59.9 Å². The summed E-state index contributed by atoms with van der Waals surface area (Å²) in [7, 11) is 1.56. The highest BCUT2D eigenvalue weighted by Gasteiger charge is 2.35. The van der Waals surface area contributed by atoms with Gasteiger partial charge in [-0.1, -0.05) is 6.07 Å². The third-order valence-electron chi connectivity index (χ3n) is 6.10. The molecule has 1 saturated heterocycles. The number of hydrogen-bond donors (Lipinski definition) is 2. The summed E-state index contributed by atoms with van der Waals surface area (Å²) < 4.78 is 47.3. The number of nitriles is 1. The molecule has 1 fully saturated rings. The maximum atomic E-state index is 13.9. The number of hydrogen-bond acceptors (Lipinski definition) is 8. The van der Waals surface area contributed by atoms with Crippen molar-refractivity contribution in [3.63, 3.8) is 0 Å². The molecule has 2 N–H and O–H groups in total. The number of ether oxygens (including phenoxy) is 1. The summed E-state index contributed by atoms with van der Waals surface area (Å²) in [5.74, 6) is 0.947. The smallest absolute Gasteiger partial charge is 0.419 e. The molecule has 0 unspecified atom stereocenters. The van der Waals surface area contributed by atoms with Gasteiger partial charge in [0.25, 0.3) is 0 Å². The van der Waals surface area contributed by atoms with E-state index in [2.05, 4.69) is 25.3 Å². The second kappa shape index (κ2) is 10.6. The lowest BCUT2D eigenvalue weighted by Gasteiger charge is -2.18. The van der Waals surface area contributed by atoms with Crippen molar-refractivity contribution in [1.82, 2.24) is 9.97 Å². The molecule has 0 spiro atoms. The van der Waals surface area contributed by atoms with Gasteiger partial charge in [0.05, 0.1) is 23.6 Å². The largest absolute Gasteiger partial charge is 0.493 e. The summed E-state index contributed by atoms with van der Waals surface area (Å²) in [6.45, 7) is 1.79. The molecule has 0 amide bonds. The quantitative estimate of drug-likeness (QED) is 0.369. The molecule has 4 rings (SSSR count). The van der Waals surface area contributed by atoms with Gasteiger partial charge in [0, 0.05) is 31.9 Å². The number of pyridine rings is 2. The number of nitrogens with one attached hydrogen (secondary N) is 2. The minimum absolute atomic E-state index is 0.0215. The summed E-state index contributed by atoms with van der Waals surface area (Å²) in [5, 5.41) is 15.4. The molecule has 36 heavy (non-hydrogen) atoms. The van der Waals surface area contributed by atoms with Crippen LogP contribution in [0.1, 0.15) is 24.1 Å². The van der Waals surface area contributed by atoms with Crippen molar-refractivity contribution < 1.29 is 17.9 Å². The second-order valence-corrected chi connectivity index (χ2v) is 8.36. The fraction of sp³-hybridized carbons (Fsp3) is 0.320. The summed E-state index contributed by atoms with van der Waals surface area (Å²) in [5.41, 5.74) is 6.84. The lowest BCUT2D eigenvalue weighted by atomic mass is 10.0. The lowest BCUT2D eigenvalue weighted by molar-refractivity contribution is -0.138. The van der Waals surface area contributed by atoms with Crippen LogP contribution in [0, 0.1) is 22.8 Å². The van der Waals surface area contributed by atoms with Gasteiger partial charge in [0.2, 0.25) is 0 Å². The number of anilines is 2. The van der Waals surface area contributed by atoms with Crippen LogP contribution in [0.4, 0.5) is 30.4 Å². The van der Waals surface area contributed by atoms with E-state index in [0.29, 0.717) is 18.0 Å². The Labute approximate surface area is 206 Å². The molecule has 1 aliphatic rings. The third kappa shape index (κ3) is 5.38. The summed E-state index contributed by atoms with van der Waals surface area (Å²) in [6.07, 6.45) is -1.36. The van der Waals surface area contributed by atoms with Gasteiger partial charge in [-0.15, -0.1) is 0 Å². The molecule has 11 heteroatoms. The molecular formula is C25H24F3N7O. The average Bonchev–Trinajstić information content (AvgIpc) is 3.36. The van der Waals surface area contributed by atoms with Crippen molar-refractivity contribution in [2.45, 2.75) is 19.0 Å². The zero-order chi connectivity index (χ0) is 25.7. The molecule has 1 aliphatic heterocycles. The van der Waals surface area contributed by atoms with Crippen molar-refractivity contribution in [3.8, 4) is 23.1 Å². The number of rotatable bonds is 8. The van der Waals surface area contributed by atoms with Crippen LogP contribution >= 0.6 is 0 Å². The average molecular weight is 496 g/mol. The fourth-order valence-corrected chi connectivity index (χ4v) is 4.26. The highest BCUT2D eigenvalue weighted by molar-refractivity contribution is 5.77. The van der Waals surface area contributed by atoms with Gasteiger partial charge in [-0.25, -0.2) is 15.5 Å². The molecule has 8 nitrogen and oxygen atoms in total. The Hall–Kier alpha value is -4.20. The van der Waals surface area contributed by atoms with Gasteiger partial charge in [0.15, 0.2) is 5.69 Å². The maximum Gasteiger partial charge on any atom is 0.419 e. The van der Waals surface area contributed by atoms with Gasteiger partial charge >= 0.3 is 6.18 Å². The Balaban J connectivity index is 1.50. The van der Waals surface area contributed by atoms with Crippen LogP contribution < -0.4 is 15.0 Å². The van der Waals surface area contributed by atoms with E-state index < -0.39 is 11.7 Å². The third-order valence-corrected chi connectivity index (χ3v) is 6.10. The fourth-order valence-electron chi connectivity index (χ4n) is 4.26. The zero-order valence-electron chi connectivity index (χ0n) is 19.5. The van der Waals surface area contributed by atoms with Gasteiger partial charge in [-0.05, 0) is 55.2 Å². The van der Waals surface area contributed by atoms with Gasteiger partial charge in [0.1, 0.15) is 23.3 Å². The molecule has 0 bridgehead atoms. The van der Waals surface area contributed by atoms with E-state index in [4.69, 9.17) is 10.3 Å². The topological polar surface area (TPSA) is 110 Å². The van der Waals surface area contributed by atoms with Crippen molar-refractivity contribution in [1.29, 1.82) is 10.8 Å².